The molecule has 0 unspecified atom stereocenters. The first-order valence-electron chi connectivity index (χ1n) is 6.39. The van der Waals surface area contributed by atoms with Crippen molar-refractivity contribution in [2.24, 2.45) is 5.16 Å². The fourth-order valence-electron chi connectivity index (χ4n) is 2.30. The van der Waals surface area contributed by atoms with E-state index in [1.54, 1.807) is 36.5 Å². The van der Waals surface area contributed by atoms with Gasteiger partial charge in [-0.25, -0.2) is 9.78 Å². The summed E-state index contributed by atoms with van der Waals surface area (Å²) in [6, 6.07) is 9.94. The highest BCUT2D eigenvalue weighted by Gasteiger charge is 2.13. The first kappa shape index (κ1) is 13.6. The lowest BCUT2D eigenvalue weighted by Crippen LogP contribution is -2.03. The molecule has 0 saturated heterocycles. The van der Waals surface area contributed by atoms with Crippen LogP contribution in [-0.4, -0.2) is 31.9 Å². The summed E-state index contributed by atoms with van der Waals surface area (Å²) in [5.41, 5.74) is 8.71. The topological polar surface area (TPSA) is 113 Å². The lowest BCUT2D eigenvalue weighted by molar-refractivity contribution is 0.0689. The molecule has 0 radical (unpaired) electrons. The number of nitrogens with zero attached hydrogens (tertiary/aromatic N) is 3. The van der Waals surface area contributed by atoms with Gasteiger partial charge in [0.2, 0.25) is 0 Å². The maximum Gasteiger partial charge on any atom is 0.352 e. The van der Waals surface area contributed by atoms with E-state index in [-0.39, 0.29) is 5.69 Å². The standard InChI is InChI=1S/C15H12N4O3/c16-10-4-5-11(9(6-10)7-17-22)12-8-19-13(15(20)21)2-1-3-14(19)18-12/h1-8,22H,16H2,(H,20,21)/b17-7-. The van der Waals surface area contributed by atoms with E-state index in [1.807, 2.05) is 0 Å². The molecule has 0 spiro atoms. The van der Waals surface area contributed by atoms with E-state index in [4.69, 9.17) is 10.9 Å². The molecule has 2 heterocycles. The second-order valence-corrected chi connectivity index (χ2v) is 4.66. The quantitative estimate of drug-likeness (QED) is 0.296. The first-order chi connectivity index (χ1) is 10.6. The molecule has 4 N–H and O–H groups in total. The number of oxime groups is 1. The highest BCUT2D eigenvalue weighted by Crippen LogP contribution is 2.25. The minimum absolute atomic E-state index is 0.115. The molecule has 7 nitrogen and oxygen atoms in total. The van der Waals surface area contributed by atoms with Crippen molar-refractivity contribution in [3.63, 3.8) is 0 Å². The van der Waals surface area contributed by atoms with Crippen LogP contribution in [0.3, 0.4) is 0 Å². The number of hydrogen-bond acceptors (Lipinski definition) is 5. The van der Waals surface area contributed by atoms with Crippen molar-refractivity contribution in [3.05, 3.63) is 53.9 Å². The van der Waals surface area contributed by atoms with Crippen LogP contribution < -0.4 is 5.73 Å². The zero-order chi connectivity index (χ0) is 15.7. The van der Waals surface area contributed by atoms with E-state index >= 15 is 0 Å². The van der Waals surface area contributed by atoms with E-state index in [1.165, 1.54) is 16.7 Å². The lowest BCUT2D eigenvalue weighted by Gasteiger charge is -2.03. The van der Waals surface area contributed by atoms with Gasteiger partial charge in [-0.1, -0.05) is 17.3 Å². The highest BCUT2D eigenvalue weighted by atomic mass is 16.4. The average molecular weight is 296 g/mol. The minimum Gasteiger partial charge on any atom is -0.477 e. The Labute approximate surface area is 124 Å². The molecule has 0 aliphatic rings. The summed E-state index contributed by atoms with van der Waals surface area (Å²) < 4.78 is 1.49. The number of fused-ring (bicyclic) bond motifs is 1. The summed E-state index contributed by atoms with van der Waals surface area (Å²) in [7, 11) is 0. The van der Waals surface area contributed by atoms with Crippen molar-refractivity contribution in [2.45, 2.75) is 0 Å². The monoisotopic (exact) mass is 296 g/mol. The Morgan fingerprint density at radius 2 is 2.14 bits per heavy atom. The first-order valence-corrected chi connectivity index (χ1v) is 6.39. The summed E-state index contributed by atoms with van der Waals surface area (Å²) in [5, 5.41) is 21.0. The molecule has 2 aromatic heterocycles. The second-order valence-electron chi connectivity index (χ2n) is 4.66. The number of hydrogen-bond donors (Lipinski definition) is 3. The summed E-state index contributed by atoms with van der Waals surface area (Å²) >= 11 is 0. The zero-order valence-corrected chi connectivity index (χ0v) is 11.3. The number of nitrogen functional groups attached to an aromatic ring is 1. The largest absolute Gasteiger partial charge is 0.477 e. The Balaban J connectivity index is 2.23. The van der Waals surface area contributed by atoms with Crippen LogP contribution in [0.15, 0.2) is 47.8 Å². The minimum atomic E-state index is -1.04. The molecule has 7 heteroatoms. The van der Waals surface area contributed by atoms with Crippen LogP contribution in [0, 0.1) is 0 Å². The zero-order valence-electron chi connectivity index (χ0n) is 11.3. The Hall–Kier alpha value is -3.35. The predicted octanol–water partition coefficient (Wildman–Crippen LogP) is 2.09. The van der Waals surface area contributed by atoms with Crippen molar-refractivity contribution in [1.82, 2.24) is 9.38 Å². The Kier molecular flexibility index (Phi) is 3.23. The van der Waals surface area contributed by atoms with Crippen LogP contribution >= 0.6 is 0 Å². The van der Waals surface area contributed by atoms with Gasteiger partial charge in [0.25, 0.3) is 0 Å². The summed E-state index contributed by atoms with van der Waals surface area (Å²) in [5.74, 6) is -1.04. The van der Waals surface area contributed by atoms with E-state index < -0.39 is 5.97 Å². The van der Waals surface area contributed by atoms with Crippen LogP contribution in [0.2, 0.25) is 0 Å². The van der Waals surface area contributed by atoms with Crippen LogP contribution in [-0.2, 0) is 0 Å². The van der Waals surface area contributed by atoms with Gasteiger partial charge in [0, 0.05) is 23.0 Å². The second kappa shape index (κ2) is 5.21. The number of carbonyl (C=O) groups is 1. The Bertz CT molecular complexity index is 899. The van der Waals surface area contributed by atoms with Gasteiger partial charge in [0.05, 0.1) is 11.9 Å². The lowest BCUT2D eigenvalue weighted by atomic mass is 10.1. The number of anilines is 1. The molecule has 3 aromatic rings. The number of carboxylic acids is 1. The fraction of sp³-hybridized carbons (Fsp3) is 0. The predicted molar refractivity (Wildman–Crippen MR) is 81.4 cm³/mol. The third kappa shape index (κ3) is 2.24. The van der Waals surface area contributed by atoms with Gasteiger partial charge in [0.15, 0.2) is 0 Å². The molecule has 0 aliphatic carbocycles. The van der Waals surface area contributed by atoms with E-state index in [2.05, 4.69) is 10.1 Å². The number of pyridine rings is 1. The van der Waals surface area contributed by atoms with Gasteiger partial charge in [-0.2, -0.15) is 0 Å². The van der Waals surface area contributed by atoms with Crippen molar-refractivity contribution < 1.29 is 15.1 Å². The van der Waals surface area contributed by atoms with Crippen molar-refractivity contribution in [1.29, 1.82) is 0 Å². The Morgan fingerprint density at radius 1 is 1.32 bits per heavy atom. The smallest absolute Gasteiger partial charge is 0.352 e. The maximum atomic E-state index is 11.3. The summed E-state index contributed by atoms with van der Waals surface area (Å²) in [4.78, 5) is 15.7. The van der Waals surface area contributed by atoms with Gasteiger partial charge >= 0.3 is 5.97 Å². The molecular formula is C15H12N4O3. The average Bonchev–Trinajstić information content (AvgIpc) is 2.91. The van der Waals surface area contributed by atoms with Gasteiger partial charge in [0.1, 0.15) is 11.3 Å². The number of aromatic carboxylic acids is 1. The Morgan fingerprint density at radius 3 is 2.86 bits per heavy atom. The molecule has 0 fully saturated rings. The number of nitrogens with two attached hydrogens (primary N) is 1. The molecule has 1 aromatic carbocycles. The summed E-state index contributed by atoms with van der Waals surface area (Å²) in [6.07, 6.45) is 2.88. The van der Waals surface area contributed by atoms with Gasteiger partial charge in [-0.05, 0) is 24.3 Å². The maximum absolute atomic E-state index is 11.3. The van der Waals surface area contributed by atoms with E-state index in [0.717, 1.165) is 0 Å². The fourth-order valence-corrected chi connectivity index (χ4v) is 2.30. The molecule has 22 heavy (non-hydrogen) atoms. The molecule has 0 atom stereocenters. The SMILES string of the molecule is Nc1ccc(-c2cn3c(C(=O)O)cccc3n2)c(/C=N\O)c1. The molecule has 0 saturated carbocycles. The van der Waals surface area contributed by atoms with Gasteiger partial charge < -0.3 is 16.0 Å². The van der Waals surface area contributed by atoms with Crippen molar-refractivity contribution in [2.75, 3.05) is 5.73 Å². The van der Waals surface area contributed by atoms with Crippen LogP contribution in [0.1, 0.15) is 16.1 Å². The number of aromatic nitrogens is 2. The number of benzene rings is 1. The van der Waals surface area contributed by atoms with Crippen molar-refractivity contribution >= 4 is 23.5 Å². The van der Waals surface area contributed by atoms with E-state index in [0.29, 0.717) is 28.2 Å². The third-order valence-corrected chi connectivity index (χ3v) is 3.26. The normalized spacial score (nSPS) is 11.3. The summed E-state index contributed by atoms with van der Waals surface area (Å²) in [6.45, 7) is 0. The third-order valence-electron chi connectivity index (χ3n) is 3.26. The van der Waals surface area contributed by atoms with Crippen molar-refractivity contribution in [3.8, 4) is 11.3 Å². The van der Waals surface area contributed by atoms with E-state index in [9.17, 15) is 9.90 Å². The van der Waals surface area contributed by atoms with Gasteiger partial charge in [-0.3, -0.25) is 4.40 Å². The van der Waals surface area contributed by atoms with Crippen LogP contribution in [0.5, 0.6) is 0 Å². The molecule has 3 rings (SSSR count). The van der Waals surface area contributed by atoms with Crippen LogP contribution in [0.25, 0.3) is 16.9 Å². The number of carboxylic acid groups (broad SMARTS) is 1. The van der Waals surface area contributed by atoms with Gasteiger partial charge in [-0.15, -0.1) is 0 Å². The molecule has 0 amide bonds. The highest BCUT2D eigenvalue weighted by molar-refractivity contribution is 5.91. The number of imidazole rings is 1. The molecule has 0 aliphatic heterocycles. The number of rotatable bonds is 3. The van der Waals surface area contributed by atoms with Crippen LogP contribution in [0.4, 0.5) is 5.69 Å². The molecule has 0 bridgehead atoms. The molecular weight excluding hydrogens is 284 g/mol. The molecule has 110 valence electrons.